The van der Waals surface area contributed by atoms with E-state index >= 15 is 0 Å². The molecule has 0 aliphatic rings. The third-order valence-electron chi connectivity index (χ3n) is 4.12. The van der Waals surface area contributed by atoms with Gasteiger partial charge in [0.05, 0.1) is 12.1 Å². The van der Waals surface area contributed by atoms with Gasteiger partial charge in [-0.2, -0.15) is 0 Å². The number of likely N-dealkylation sites (N-methyl/N-ethyl adjacent to an activating group) is 1. The second-order valence-corrected chi connectivity index (χ2v) is 6.18. The van der Waals surface area contributed by atoms with Crippen LogP contribution in [0.2, 0.25) is 0 Å². The van der Waals surface area contributed by atoms with Crippen molar-refractivity contribution < 1.29 is 9.59 Å². The molecule has 0 unspecified atom stereocenters. The van der Waals surface area contributed by atoms with Gasteiger partial charge in [0, 0.05) is 24.8 Å². The van der Waals surface area contributed by atoms with Crippen LogP contribution in [0.25, 0.3) is 11.0 Å². The first-order valence-electron chi connectivity index (χ1n) is 8.43. The van der Waals surface area contributed by atoms with Gasteiger partial charge in [-0.25, -0.2) is 4.68 Å². The van der Waals surface area contributed by atoms with Gasteiger partial charge >= 0.3 is 0 Å². The maximum absolute atomic E-state index is 12.6. The monoisotopic (exact) mass is 351 g/mol. The van der Waals surface area contributed by atoms with Gasteiger partial charge in [-0.1, -0.05) is 22.9 Å². The van der Waals surface area contributed by atoms with Crippen LogP contribution >= 0.6 is 0 Å². The molecular formula is C19H21N5O2. The molecule has 0 saturated heterocycles. The normalized spacial score (nSPS) is 10.7. The molecule has 0 spiro atoms. The summed E-state index contributed by atoms with van der Waals surface area (Å²) in [5, 5.41) is 10.9. The second kappa shape index (κ2) is 7.35. The molecule has 7 heteroatoms. The van der Waals surface area contributed by atoms with Crippen LogP contribution < -0.4 is 5.32 Å². The van der Waals surface area contributed by atoms with Crippen molar-refractivity contribution in [3.8, 4) is 0 Å². The number of nitrogens with one attached hydrogen (secondary N) is 1. The molecule has 2 aromatic carbocycles. The highest BCUT2D eigenvalue weighted by molar-refractivity contribution is 6.00. The first-order valence-corrected chi connectivity index (χ1v) is 8.43. The summed E-state index contributed by atoms with van der Waals surface area (Å²) in [4.78, 5) is 26.1. The Kier molecular flexibility index (Phi) is 4.97. The molecule has 134 valence electrons. The summed E-state index contributed by atoms with van der Waals surface area (Å²) in [7, 11) is 1.60. The predicted molar refractivity (Wildman–Crippen MR) is 100.0 cm³/mol. The van der Waals surface area contributed by atoms with Gasteiger partial charge in [-0.15, -0.1) is 5.10 Å². The zero-order valence-corrected chi connectivity index (χ0v) is 15.1. The van der Waals surface area contributed by atoms with Crippen LogP contribution in [0.1, 0.15) is 22.8 Å². The van der Waals surface area contributed by atoms with E-state index in [1.165, 1.54) is 4.90 Å². The maximum atomic E-state index is 12.6. The van der Waals surface area contributed by atoms with E-state index in [0.29, 0.717) is 23.3 Å². The molecule has 0 saturated carbocycles. The Bertz CT molecular complexity index is 946. The molecule has 3 aromatic rings. The number of hydrogen-bond acceptors (Lipinski definition) is 4. The number of fused-ring (bicyclic) bond motifs is 1. The lowest BCUT2D eigenvalue weighted by molar-refractivity contribution is -0.116. The molecule has 2 amide bonds. The third-order valence-corrected chi connectivity index (χ3v) is 4.12. The summed E-state index contributed by atoms with van der Waals surface area (Å²) >= 11 is 0. The number of hydrogen-bond donors (Lipinski definition) is 1. The fourth-order valence-electron chi connectivity index (χ4n) is 2.68. The predicted octanol–water partition coefficient (Wildman–Crippen LogP) is 2.47. The van der Waals surface area contributed by atoms with Crippen LogP contribution in [0.15, 0.2) is 42.5 Å². The lowest BCUT2D eigenvalue weighted by atomic mass is 10.1. The van der Waals surface area contributed by atoms with E-state index in [0.717, 1.165) is 11.1 Å². The molecule has 7 nitrogen and oxygen atoms in total. The molecule has 0 aliphatic carbocycles. The van der Waals surface area contributed by atoms with E-state index in [1.807, 2.05) is 44.2 Å². The summed E-state index contributed by atoms with van der Waals surface area (Å²) in [6.07, 6.45) is 0. The number of amides is 2. The minimum Gasteiger partial charge on any atom is -0.332 e. The Morgan fingerprint density at radius 1 is 1.15 bits per heavy atom. The van der Waals surface area contributed by atoms with Crippen LogP contribution in [0.4, 0.5) is 5.69 Å². The first kappa shape index (κ1) is 17.6. The SMILES string of the molecule is CCn1nnc2cc(C(=O)N(C)CC(=O)Nc3ccc(C)cc3)ccc21. The van der Waals surface area contributed by atoms with Crippen molar-refractivity contribution in [1.29, 1.82) is 0 Å². The van der Waals surface area contributed by atoms with E-state index < -0.39 is 0 Å². The molecule has 1 aromatic heterocycles. The second-order valence-electron chi connectivity index (χ2n) is 6.18. The van der Waals surface area contributed by atoms with Gasteiger partial charge in [0.25, 0.3) is 5.91 Å². The average Bonchev–Trinajstić information content (AvgIpc) is 3.05. The van der Waals surface area contributed by atoms with E-state index in [9.17, 15) is 9.59 Å². The number of anilines is 1. The number of nitrogens with zero attached hydrogens (tertiary/aromatic N) is 4. The fraction of sp³-hybridized carbons (Fsp3) is 0.263. The Labute approximate surface area is 151 Å². The molecule has 1 N–H and O–H groups in total. The van der Waals surface area contributed by atoms with Crippen LogP contribution in [-0.4, -0.2) is 45.3 Å². The Balaban J connectivity index is 1.67. The smallest absolute Gasteiger partial charge is 0.254 e. The van der Waals surface area contributed by atoms with Crippen molar-refractivity contribution in [2.24, 2.45) is 0 Å². The number of carbonyl (C=O) groups is 2. The van der Waals surface area contributed by atoms with Gasteiger partial charge < -0.3 is 10.2 Å². The molecule has 0 bridgehead atoms. The number of benzene rings is 2. The van der Waals surface area contributed by atoms with Crippen molar-refractivity contribution in [3.05, 3.63) is 53.6 Å². The van der Waals surface area contributed by atoms with Crippen LogP contribution in [0, 0.1) is 6.92 Å². The van der Waals surface area contributed by atoms with Gasteiger partial charge in [0.15, 0.2) is 0 Å². The first-order chi connectivity index (χ1) is 12.5. The zero-order valence-electron chi connectivity index (χ0n) is 15.1. The molecule has 0 radical (unpaired) electrons. The quantitative estimate of drug-likeness (QED) is 0.766. The van der Waals surface area contributed by atoms with E-state index in [2.05, 4.69) is 15.6 Å². The topological polar surface area (TPSA) is 80.1 Å². The van der Waals surface area contributed by atoms with Crippen LogP contribution in [-0.2, 0) is 11.3 Å². The van der Waals surface area contributed by atoms with Gasteiger partial charge in [-0.3, -0.25) is 9.59 Å². The Hall–Kier alpha value is -3.22. The van der Waals surface area contributed by atoms with Crippen molar-refractivity contribution in [1.82, 2.24) is 19.9 Å². The minimum absolute atomic E-state index is 0.0353. The summed E-state index contributed by atoms with van der Waals surface area (Å²) in [5.41, 5.74) is 3.84. The van der Waals surface area contributed by atoms with Gasteiger partial charge in [0.2, 0.25) is 5.91 Å². The van der Waals surface area contributed by atoms with Crippen molar-refractivity contribution in [2.45, 2.75) is 20.4 Å². The Morgan fingerprint density at radius 3 is 2.58 bits per heavy atom. The molecular weight excluding hydrogens is 330 g/mol. The van der Waals surface area contributed by atoms with Crippen molar-refractivity contribution >= 4 is 28.5 Å². The zero-order chi connectivity index (χ0) is 18.7. The number of carbonyl (C=O) groups excluding carboxylic acids is 2. The highest BCUT2D eigenvalue weighted by Crippen LogP contribution is 2.15. The molecule has 0 fully saturated rings. The average molecular weight is 351 g/mol. The van der Waals surface area contributed by atoms with Gasteiger partial charge in [-0.05, 0) is 44.2 Å². The summed E-state index contributed by atoms with van der Waals surface area (Å²) in [6.45, 7) is 4.64. The minimum atomic E-state index is -0.247. The largest absolute Gasteiger partial charge is 0.332 e. The maximum Gasteiger partial charge on any atom is 0.254 e. The molecule has 1 heterocycles. The Morgan fingerprint density at radius 2 is 1.88 bits per heavy atom. The third kappa shape index (κ3) is 3.72. The molecule has 0 aliphatic heterocycles. The van der Waals surface area contributed by atoms with E-state index in [4.69, 9.17) is 0 Å². The van der Waals surface area contributed by atoms with Crippen molar-refractivity contribution in [2.75, 3.05) is 18.9 Å². The van der Waals surface area contributed by atoms with Crippen LogP contribution in [0.3, 0.4) is 0 Å². The fourth-order valence-corrected chi connectivity index (χ4v) is 2.68. The van der Waals surface area contributed by atoms with Crippen LogP contribution in [0.5, 0.6) is 0 Å². The van der Waals surface area contributed by atoms with E-state index in [1.54, 1.807) is 23.9 Å². The van der Waals surface area contributed by atoms with Crippen molar-refractivity contribution in [3.63, 3.8) is 0 Å². The number of aryl methyl sites for hydroxylation is 2. The number of rotatable bonds is 5. The van der Waals surface area contributed by atoms with Gasteiger partial charge in [0.1, 0.15) is 5.52 Å². The summed E-state index contributed by atoms with van der Waals surface area (Å²) < 4.78 is 1.77. The molecule has 3 rings (SSSR count). The highest BCUT2D eigenvalue weighted by atomic mass is 16.2. The summed E-state index contributed by atoms with van der Waals surface area (Å²) in [6, 6.07) is 12.8. The lowest BCUT2D eigenvalue weighted by Crippen LogP contribution is -2.34. The highest BCUT2D eigenvalue weighted by Gasteiger charge is 2.16. The lowest BCUT2D eigenvalue weighted by Gasteiger charge is -2.17. The van der Waals surface area contributed by atoms with E-state index in [-0.39, 0.29) is 18.4 Å². The number of aromatic nitrogens is 3. The summed E-state index contributed by atoms with van der Waals surface area (Å²) in [5.74, 6) is -0.486. The molecule has 0 atom stereocenters. The standard InChI is InChI=1S/C19H21N5O2/c1-4-24-17-10-7-14(11-16(17)21-22-24)19(26)23(3)12-18(25)20-15-8-5-13(2)6-9-15/h5-11H,4,12H2,1-3H3,(H,20,25). The molecule has 26 heavy (non-hydrogen) atoms.